The number of anilines is 2. The van der Waals surface area contributed by atoms with E-state index in [2.05, 4.69) is 4.98 Å². The lowest BCUT2D eigenvalue weighted by Crippen LogP contribution is -2.39. The molecule has 7 nitrogen and oxygen atoms in total. The number of benzene rings is 2. The maximum atomic E-state index is 13.7. The first-order valence-electron chi connectivity index (χ1n) is 10.7. The minimum absolute atomic E-state index is 0.0413. The minimum Gasteiger partial charge on any atom is -0.277 e. The van der Waals surface area contributed by atoms with E-state index in [0.717, 1.165) is 29.2 Å². The van der Waals surface area contributed by atoms with Gasteiger partial charge in [0, 0.05) is 28.5 Å². The third-order valence-electron chi connectivity index (χ3n) is 6.54. The van der Waals surface area contributed by atoms with E-state index < -0.39 is 37.7 Å². The van der Waals surface area contributed by atoms with E-state index in [9.17, 15) is 31.2 Å². The summed E-state index contributed by atoms with van der Waals surface area (Å²) in [6, 6.07) is 11.3. The van der Waals surface area contributed by atoms with Gasteiger partial charge < -0.3 is 0 Å². The Morgan fingerprint density at radius 1 is 1.03 bits per heavy atom. The zero-order valence-electron chi connectivity index (χ0n) is 18.5. The topological polar surface area (TPSA) is 87.7 Å². The van der Waals surface area contributed by atoms with Crippen LogP contribution >= 0.6 is 11.6 Å². The van der Waals surface area contributed by atoms with Crippen LogP contribution in [0.4, 0.5) is 29.3 Å². The van der Waals surface area contributed by atoms with Crippen LogP contribution < -0.4 is 9.80 Å². The summed E-state index contributed by atoms with van der Waals surface area (Å²) in [5.41, 5.74) is -5.18. The van der Waals surface area contributed by atoms with Gasteiger partial charge in [-0.05, 0) is 48.7 Å². The van der Waals surface area contributed by atoms with Gasteiger partial charge in [0.15, 0.2) is 0 Å². The van der Waals surface area contributed by atoms with Gasteiger partial charge in [-0.3, -0.25) is 14.7 Å². The smallest absolute Gasteiger partial charge is 0.277 e. The first-order chi connectivity index (χ1) is 16.9. The molecule has 12 heteroatoms. The normalized spacial score (nSPS) is 22.0. The van der Waals surface area contributed by atoms with Crippen molar-refractivity contribution in [2.24, 2.45) is 5.92 Å². The summed E-state index contributed by atoms with van der Waals surface area (Å²) in [5.74, 6) is -0.746. The van der Waals surface area contributed by atoms with E-state index in [1.807, 2.05) is 6.92 Å². The number of imide groups is 1. The Kier molecular flexibility index (Phi) is 5.42. The van der Waals surface area contributed by atoms with Gasteiger partial charge in [0.05, 0.1) is 16.3 Å². The Hall–Kier alpha value is -3.44. The second-order valence-electron chi connectivity index (χ2n) is 8.60. The summed E-state index contributed by atoms with van der Waals surface area (Å²) in [4.78, 5) is 32.7. The minimum atomic E-state index is -5.58. The highest BCUT2D eigenvalue weighted by atomic mass is 35.5. The van der Waals surface area contributed by atoms with Gasteiger partial charge >= 0.3 is 11.5 Å². The van der Waals surface area contributed by atoms with Crippen molar-refractivity contribution in [3.8, 4) is 11.1 Å². The first-order valence-corrected chi connectivity index (χ1v) is 12.6. The summed E-state index contributed by atoms with van der Waals surface area (Å²) in [7, 11) is -5.58. The molecule has 2 unspecified atom stereocenters. The second-order valence-corrected chi connectivity index (χ2v) is 11.0. The van der Waals surface area contributed by atoms with Crippen LogP contribution in [-0.2, 0) is 14.6 Å². The molecule has 0 bridgehead atoms. The van der Waals surface area contributed by atoms with Gasteiger partial charge in [-0.25, -0.2) is 18.1 Å². The third-order valence-corrected chi connectivity index (χ3v) is 8.37. The molecule has 1 spiro atoms. The molecule has 1 aliphatic carbocycles. The monoisotopic (exact) mass is 535 g/mol. The van der Waals surface area contributed by atoms with Crippen molar-refractivity contribution in [2.75, 3.05) is 9.80 Å². The highest BCUT2D eigenvalue weighted by Gasteiger charge is 2.70. The van der Waals surface area contributed by atoms with Crippen LogP contribution in [0.2, 0.25) is 5.02 Å². The lowest BCUT2D eigenvalue weighted by Gasteiger charge is -2.25. The van der Waals surface area contributed by atoms with Crippen LogP contribution in [0.5, 0.6) is 0 Å². The van der Waals surface area contributed by atoms with Gasteiger partial charge in [-0.15, -0.1) is 0 Å². The molecule has 3 aromatic rings. The van der Waals surface area contributed by atoms with Crippen molar-refractivity contribution in [3.63, 3.8) is 0 Å². The fourth-order valence-corrected chi connectivity index (χ4v) is 5.59. The van der Waals surface area contributed by atoms with Crippen molar-refractivity contribution in [3.05, 3.63) is 72.0 Å². The second kappa shape index (κ2) is 8.04. The van der Waals surface area contributed by atoms with Crippen molar-refractivity contribution in [2.45, 2.75) is 29.3 Å². The Labute approximate surface area is 209 Å². The zero-order valence-corrected chi connectivity index (χ0v) is 20.1. The zero-order chi connectivity index (χ0) is 26.0. The van der Waals surface area contributed by atoms with E-state index >= 15 is 0 Å². The van der Waals surface area contributed by atoms with E-state index in [1.54, 1.807) is 30.3 Å². The number of carbonyl (C=O) groups is 2. The average molecular weight is 536 g/mol. The van der Waals surface area contributed by atoms with E-state index in [1.165, 1.54) is 17.3 Å². The summed E-state index contributed by atoms with van der Waals surface area (Å²) in [6.45, 7) is 1.82. The molecule has 2 aliphatic rings. The largest absolute Gasteiger partial charge is 0.501 e. The maximum absolute atomic E-state index is 13.7. The number of amides is 3. The van der Waals surface area contributed by atoms with E-state index in [4.69, 9.17) is 11.6 Å². The summed E-state index contributed by atoms with van der Waals surface area (Å²) >= 11 is 6.39. The SMILES string of the molecule is CC1CC12C(=O)N(c1ccc(S(=O)(=O)C(F)(F)F)cc1)C(=O)N2c1ccncc1-c1ccccc1Cl. The highest BCUT2D eigenvalue weighted by molar-refractivity contribution is 7.92. The Balaban J connectivity index is 1.59. The maximum Gasteiger partial charge on any atom is 0.501 e. The van der Waals surface area contributed by atoms with Crippen molar-refractivity contribution >= 4 is 44.8 Å². The molecule has 2 fully saturated rings. The molecule has 186 valence electrons. The fourth-order valence-electron chi connectivity index (χ4n) is 4.59. The number of hydrogen-bond donors (Lipinski definition) is 0. The molecule has 2 atom stereocenters. The van der Waals surface area contributed by atoms with Crippen LogP contribution in [0.15, 0.2) is 71.9 Å². The number of sulfone groups is 1. The predicted octanol–water partition coefficient (Wildman–Crippen LogP) is 5.45. The number of rotatable bonds is 4. The number of urea groups is 1. The molecule has 1 aliphatic heterocycles. The van der Waals surface area contributed by atoms with Gasteiger partial charge in [-0.1, -0.05) is 36.7 Å². The molecule has 1 aromatic heterocycles. The molecule has 1 saturated carbocycles. The molecule has 0 N–H and O–H groups in total. The van der Waals surface area contributed by atoms with Gasteiger partial charge in [-0.2, -0.15) is 13.2 Å². The lowest BCUT2D eigenvalue weighted by molar-refractivity contribution is -0.119. The number of nitrogens with zero attached hydrogens (tertiary/aromatic N) is 3. The highest BCUT2D eigenvalue weighted by Crippen LogP contribution is 2.56. The van der Waals surface area contributed by atoms with Gasteiger partial charge in [0.2, 0.25) is 0 Å². The molecule has 2 aromatic carbocycles. The number of pyridine rings is 1. The Morgan fingerprint density at radius 2 is 1.67 bits per heavy atom. The summed E-state index contributed by atoms with van der Waals surface area (Å²) in [6.07, 6.45) is 3.39. The standard InChI is InChI=1S/C24H17ClF3N3O4S/c1-14-12-23(14)21(32)30(15-6-8-16(9-7-15)36(34,35)24(26,27)28)22(33)31(23)20-10-11-29-13-18(20)17-4-2-3-5-19(17)25/h2-11,13-14H,12H2,1H3. The average Bonchev–Trinajstić information content (AvgIpc) is 3.45. The first kappa shape index (κ1) is 24.3. The van der Waals surface area contributed by atoms with Gasteiger partial charge in [0.25, 0.3) is 15.7 Å². The van der Waals surface area contributed by atoms with Crippen LogP contribution in [0.1, 0.15) is 13.3 Å². The number of alkyl halides is 3. The Bertz CT molecular complexity index is 1510. The molecular formula is C24H17ClF3N3O4S. The van der Waals surface area contributed by atoms with Crippen molar-refractivity contribution in [1.82, 2.24) is 4.98 Å². The van der Waals surface area contributed by atoms with Crippen molar-refractivity contribution in [1.29, 1.82) is 0 Å². The molecule has 0 radical (unpaired) electrons. The van der Waals surface area contributed by atoms with Crippen LogP contribution in [0, 0.1) is 5.92 Å². The lowest BCUT2D eigenvalue weighted by atomic mass is 10.0. The number of aromatic nitrogens is 1. The number of halogens is 4. The van der Waals surface area contributed by atoms with Crippen molar-refractivity contribution < 1.29 is 31.2 Å². The van der Waals surface area contributed by atoms with Gasteiger partial charge in [0.1, 0.15) is 5.54 Å². The Morgan fingerprint density at radius 3 is 2.25 bits per heavy atom. The quantitative estimate of drug-likeness (QED) is 0.415. The molecule has 1 saturated heterocycles. The fraction of sp³-hybridized carbons (Fsp3) is 0.208. The predicted molar refractivity (Wildman–Crippen MR) is 126 cm³/mol. The molecule has 3 amide bonds. The molecular weight excluding hydrogens is 519 g/mol. The molecule has 36 heavy (non-hydrogen) atoms. The van der Waals surface area contributed by atoms with Crippen LogP contribution in [0.3, 0.4) is 0 Å². The number of hydrogen-bond acceptors (Lipinski definition) is 5. The molecule has 2 heterocycles. The van der Waals surface area contributed by atoms with Crippen LogP contribution in [-0.4, -0.2) is 36.4 Å². The van der Waals surface area contributed by atoms with Crippen LogP contribution in [0.25, 0.3) is 11.1 Å². The third kappa shape index (κ3) is 3.40. The summed E-state index contributed by atoms with van der Waals surface area (Å²) < 4.78 is 62.2. The van der Waals surface area contributed by atoms with E-state index in [0.29, 0.717) is 28.3 Å². The molecule has 5 rings (SSSR count). The summed E-state index contributed by atoms with van der Waals surface area (Å²) in [5, 5.41) is 0.418. The van der Waals surface area contributed by atoms with E-state index in [-0.39, 0.29) is 11.6 Å². The number of carbonyl (C=O) groups excluding carboxylic acids is 2.